The molecule has 0 aliphatic heterocycles. The number of hydrogen-bond acceptors (Lipinski definition) is 5. The molecule has 0 radical (unpaired) electrons. The average Bonchev–Trinajstić information content (AvgIpc) is 3.34. The van der Waals surface area contributed by atoms with Crippen molar-refractivity contribution in [3.8, 4) is 11.3 Å². The summed E-state index contributed by atoms with van der Waals surface area (Å²) in [6.45, 7) is 4.60. The quantitative estimate of drug-likeness (QED) is 0.625. The van der Waals surface area contributed by atoms with Crippen molar-refractivity contribution in [2.45, 2.75) is 26.2 Å². The highest BCUT2D eigenvalue weighted by molar-refractivity contribution is 7.10. The molecule has 1 N–H and O–H groups in total. The molecule has 2 heterocycles. The molecule has 0 bridgehead atoms. The number of para-hydroxylation sites is 1. The molecule has 6 heteroatoms. The third-order valence-corrected chi connectivity index (χ3v) is 5.97. The number of amides is 1. The molecule has 0 saturated heterocycles. The maximum atomic E-state index is 12.6. The summed E-state index contributed by atoms with van der Waals surface area (Å²) < 4.78 is 5.50. The molecule has 0 fully saturated rings. The molecule has 0 atom stereocenters. The van der Waals surface area contributed by atoms with E-state index in [1.165, 1.54) is 10.6 Å². The highest BCUT2D eigenvalue weighted by Crippen LogP contribution is 2.37. The number of carbonyl (C=O) groups is 1. The first kappa shape index (κ1) is 17.8. The van der Waals surface area contributed by atoms with Crippen molar-refractivity contribution in [1.82, 2.24) is 10.5 Å². The summed E-state index contributed by atoms with van der Waals surface area (Å²) in [6.07, 6.45) is 2.64. The topological polar surface area (TPSA) is 58.4 Å². The Morgan fingerprint density at radius 2 is 2.11 bits per heavy atom. The van der Waals surface area contributed by atoms with Gasteiger partial charge in [-0.25, -0.2) is 0 Å². The first-order valence-corrected chi connectivity index (χ1v) is 10.3. The fourth-order valence-corrected chi connectivity index (χ4v) is 4.45. The molecule has 4 rings (SSSR count). The van der Waals surface area contributed by atoms with E-state index in [-0.39, 0.29) is 5.91 Å². The molecule has 2 aromatic heterocycles. The normalized spacial score (nSPS) is 12.3. The van der Waals surface area contributed by atoms with Crippen LogP contribution in [0.4, 0.5) is 5.69 Å². The van der Waals surface area contributed by atoms with E-state index >= 15 is 0 Å². The van der Waals surface area contributed by atoms with Gasteiger partial charge in [-0.1, -0.05) is 23.4 Å². The lowest BCUT2D eigenvalue weighted by molar-refractivity contribution is 0.0943. The smallest absolute Gasteiger partial charge is 0.273 e. The molecule has 27 heavy (non-hydrogen) atoms. The lowest BCUT2D eigenvalue weighted by atomic mass is 9.95. The Hall–Kier alpha value is -2.60. The van der Waals surface area contributed by atoms with Crippen molar-refractivity contribution < 1.29 is 9.32 Å². The van der Waals surface area contributed by atoms with E-state index in [2.05, 4.69) is 39.8 Å². The fourth-order valence-electron chi connectivity index (χ4n) is 3.57. The van der Waals surface area contributed by atoms with Crippen LogP contribution in [0.3, 0.4) is 0 Å². The zero-order chi connectivity index (χ0) is 18.6. The third-order valence-electron chi connectivity index (χ3n) is 4.99. The summed E-state index contributed by atoms with van der Waals surface area (Å²) in [4.78, 5) is 16.2. The van der Waals surface area contributed by atoms with Gasteiger partial charge in [-0.05, 0) is 49.8 Å². The first-order valence-electron chi connectivity index (χ1n) is 9.41. The van der Waals surface area contributed by atoms with Gasteiger partial charge in [0.25, 0.3) is 5.91 Å². The van der Waals surface area contributed by atoms with Gasteiger partial charge in [0, 0.05) is 41.3 Å². The van der Waals surface area contributed by atoms with Crippen LogP contribution in [0.25, 0.3) is 11.3 Å². The van der Waals surface area contributed by atoms with Crippen molar-refractivity contribution in [1.29, 1.82) is 0 Å². The van der Waals surface area contributed by atoms with Crippen molar-refractivity contribution >= 4 is 22.9 Å². The van der Waals surface area contributed by atoms with Crippen LogP contribution in [0.5, 0.6) is 0 Å². The third kappa shape index (κ3) is 3.62. The molecule has 3 aromatic rings. The Labute approximate surface area is 163 Å². The molecule has 1 aliphatic rings. The van der Waals surface area contributed by atoms with Gasteiger partial charge in [0.1, 0.15) is 0 Å². The summed E-state index contributed by atoms with van der Waals surface area (Å²) in [7, 11) is 0. The van der Waals surface area contributed by atoms with Crippen LogP contribution >= 0.6 is 11.3 Å². The average molecular weight is 382 g/mol. The van der Waals surface area contributed by atoms with Crippen molar-refractivity contribution in [3.63, 3.8) is 0 Å². The van der Waals surface area contributed by atoms with E-state index in [0.29, 0.717) is 12.2 Å². The number of rotatable bonds is 7. The zero-order valence-electron chi connectivity index (χ0n) is 15.4. The first-order chi connectivity index (χ1) is 13.3. The van der Waals surface area contributed by atoms with Crippen LogP contribution < -0.4 is 10.2 Å². The maximum absolute atomic E-state index is 12.6. The minimum absolute atomic E-state index is 0.138. The van der Waals surface area contributed by atoms with E-state index in [0.717, 1.165) is 49.2 Å². The Morgan fingerprint density at radius 3 is 2.93 bits per heavy atom. The van der Waals surface area contributed by atoms with Crippen LogP contribution in [0.2, 0.25) is 0 Å². The molecular formula is C21H23N3O2S. The molecule has 0 saturated carbocycles. The molecule has 140 valence electrons. The number of thiophene rings is 1. The van der Waals surface area contributed by atoms with Crippen molar-refractivity contribution in [2.24, 2.45) is 0 Å². The van der Waals surface area contributed by atoms with Gasteiger partial charge in [0.15, 0.2) is 11.5 Å². The van der Waals surface area contributed by atoms with Gasteiger partial charge < -0.3 is 14.7 Å². The molecular weight excluding hydrogens is 358 g/mol. The second-order valence-corrected chi connectivity index (χ2v) is 7.62. The van der Waals surface area contributed by atoms with Crippen LogP contribution in [-0.2, 0) is 12.8 Å². The van der Waals surface area contributed by atoms with E-state index in [4.69, 9.17) is 4.52 Å². The van der Waals surface area contributed by atoms with E-state index in [1.54, 1.807) is 11.3 Å². The summed E-state index contributed by atoms with van der Waals surface area (Å²) in [5.74, 6) is 0.630. The van der Waals surface area contributed by atoms with Crippen molar-refractivity contribution in [2.75, 3.05) is 24.5 Å². The largest absolute Gasteiger partial charge is 0.372 e. The van der Waals surface area contributed by atoms with Crippen LogP contribution in [0, 0.1) is 0 Å². The van der Waals surface area contributed by atoms with E-state index in [9.17, 15) is 4.79 Å². The summed E-state index contributed by atoms with van der Waals surface area (Å²) in [6, 6.07) is 12.4. The minimum Gasteiger partial charge on any atom is -0.372 e. The molecule has 1 aliphatic carbocycles. The summed E-state index contributed by atoms with van der Waals surface area (Å²) in [5, 5.41) is 9.12. The SMILES string of the molecule is CCN(CCCNC(=O)c1noc2c1CCc1sccc1-2)c1ccccc1. The Balaban J connectivity index is 1.33. The molecule has 0 unspecified atom stereocenters. The number of nitrogens with one attached hydrogen (secondary N) is 1. The number of aryl methyl sites for hydroxylation is 1. The second-order valence-electron chi connectivity index (χ2n) is 6.62. The van der Waals surface area contributed by atoms with Crippen LogP contribution in [-0.4, -0.2) is 30.7 Å². The van der Waals surface area contributed by atoms with Gasteiger partial charge in [-0.2, -0.15) is 0 Å². The standard InChI is InChI=1S/C21H23N3O2S/c1-2-24(15-7-4-3-5-8-15)13-6-12-22-21(25)19-17-9-10-18-16(11-14-27-18)20(17)26-23-19/h3-5,7-8,11,14H,2,6,9-10,12-13H2,1H3,(H,22,25). The highest BCUT2D eigenvalue weighted by atomic mass is 32.1. The predicted molar refractivity (Wildman–Crippen MR) is 109 cm³/mol. The second kappa shape index (κ2) is 7.96. The molecule has 1 aromatic carbocycles. The van der Waals surface area contributed by atoms with E-state index in [1.807, 2.05) is 24.3 Å². The zero-order valence-corrected chi connectivity index (χ0v) is 16.2. The summed E-state index contributed by atoms with van der Waals surface area (Å²) in [5.41, 5.74) is 3.69. The molecule has 0 spiro atoms. The number of anilines is 1. The number of nitrogens with zero attached hydrogens (tertiary/aromatic N) is 2. The number of hydrogen-bond donors (Lipinski definition) is 1. The van der Waals surface area contributed by atoms with Gasteiger partial charge in [-0.15, -0.1) is 11.3 Å². The van der Waals surface area contributed by atoms with Gasteiger partial charge >= 0.3 is 0 Å². The Kier molecular flexibility index (Phi) is 5.25. The van der Waals surface area contributed by atoms with Crippen molar-refractivity contribution in [3.05, 3.63) is 57.9 Å². The van der Waals surface area contributed by atoms with Crippen LogP contribution in [0.1, 0.15) is 34.3 Å². The number of fused-ring (bicyclic) bond motifs is 3. The number of carbonyl (C=O) groups excluding carboxylic acids is 1. The monoisotopic (exact) mass is 381 g/mol. The van der Waals surface area contributed by atoms with Gasteiger partial charge in [0.05, 0.1) is 0 Å². The Morgan fingerprint density at radius 1 is 1.26 bits per heavy atom. The summed E-state index contributed by atoms with van der Waals surface area (Å²) >= 11 is 1.73. The highest BCUT2D eigenvalue weighted by Gasteiger charge is 2.28. The fraction of sp³-hybridized carbons (Fsp3) is 0.333. The number of aromatic nitrogens is 1. The maximum Gasteiger partial charge on any atom is 0.273 e. The van der Waals surface area contributed by atoms with Gasteiger partial charge in [0.2, 0.25) is 0 Å². The Bertz CT molecular complexity index is 917. The van der Waals surface area contributed by atoms with Crippen LogP contribution in [0.15, 0.2) is 46.3 Å². The lowest BCUT2D eigenvalue weighted by Crippen LogP contribution is -2.30. The molecule has 5 nitrogen and oxygen atoms in total. The predicted octanol–water partition coefficient (Wildman–Crippen LogP) is 4.15. The van der Waals surface area contributed by atoms with E-state index < -0.39 is 0 Å². The van der Waals surface area contributed by atoms with Gasteiger partial charge in [-0.3, -0.25) is 4.79 Å². The molecule has 1 amide bonds. The number of benzene rings is 1. The minimum atomic E-state index is -0.138. The lowest BCUT2D eigenvalue weighted by Gasteiger charge is -2.23.